The quantitative estimate of drug-likeness (QED) is 0.658. The van der Waals surface area contributed by atoms with E-state index >= 15 is 0 Å². The van der Waals surface area contributed by atoms with E-state index < -0.39 is 0 Å². The summed E-state index contributed by atoms with van der Waals surface area (Å²) in [6, 6.07) is 5.31. The van der Waals surface area contributed by atoms with Gasteiger partial charge in [-0.2, -0.15) is 0 Å². The molecule has 0 radical (unpaired) electrons. The topological polar surface area (TPSA) is 88.2 Å². The molecule has 0 bridgehead atoms. The summed E-state index contributed by atoms with van der Waals surface area (Å²) in [5, 5.41) is 3.10. The summed E-state index contributed by atoms with van der Waals surface area (Å²) in [4.78, 5) is 42.3. The minimum atomic E-state index is -0.0782. The van der Waals surface area contributed by atoms with E-state index in [4.69, 9.17) is 9.47 Å². The second-order valence-corrected chi connectivity index (χ2v) is 9.81. The Morgan fingerprint density at radius 2 is 1.32 bits per heavy atom. The van der Waals surface area contributed by atoms with Gasteiger partial charge in [0.2, 0.25) is 11.8 Å². The van der Waals surface area contributed by atoms with Crippen molar-refractivity contribution in [1.82, 2.24) is 15.1 Å². The monoisotopic (exact) mass is 473 g/mol. The number of nitrogens with zero attached hydrogens (tertiary/aromatic N) is 2. The van der Waals surface area contributed by atoms with Crippen molar-refractivity contribution < 1.29 is 23.9 Å². The molecule has 1 atom stereocenters. The molecule has 1 unspecified atom stereocenters. The lowest BCUT2D eigenvalue weighted by Crippen LogP contribution is -2.49. The molecule has 8 nitrogen and oxygen atoms in total. The molecule has 34 heavy (non-hydrogen) atoms. The van der Waals surface area contributed by atoms with Gasteiger partial charge in [0.05, 0.1) is 14.2 Å². The Bertz CT molecular complexity index is 849. The van der Waals surface area contributed by atoms with Gasteiger partial charge in [-0.3, -0.25) is 14.4 Å². The van der Waals surface area contributed by atoms with Crippen LogP contribution >= 0.6 is 0 Å². The molecule has 3 rings (SSSR count). The summed E-state index contributed by atoms with van der Waals surface area (Å²) in [6.07, 6.45) is 2.71. The number of piperidine rings is 2. The highest BCUT2D eigenvalue weighted by molar-refractivity contribution is 5.95. The van der Waals surface area contributed by atoms with E-state index in [-0.39, 0.29) is 35.6 Å². The van der Waals surface area contributed by atoms with Crippen molar-refractivity contribution in [1.29, 1.82) is 0 Å². The summed E-state index contributed by atoms with van der Waals surface area (Å²) in [5.41, 5.74) is 0.521. The van der Waals surface area contributed by atoms with Crippen LogP contribution in [0.15, 0.2) is 18.2 Å². The Labute approximate surface area is 202 Å². The van der Waals surface area contributed by atoms with Gasteiger partial charge >= 0.3 is 0 Å². The summed E-state index contributed by atoms with van der Waals surface area (Å²) >= 11 is 0. The van der Waals surface area contributed by atoms with E-state index in [9.17, 15) is 14.4 Å². The van der Waals surface area contributed by atoms with Crippen LogP contribution in [0.2, 0.25) is 0 Å². The predicted octanol–water partition coefficient (Wildman–Crippen LogP) is 2.96. The highest BCUT2D eigenvalue weighted by atomic mass is 16.5. The largest absolute Gasteiger partial charge is 0.497 e. The van der Waals surface area contributed by atoms with Crippen molar-refractivity contribution in [3.63, 3.8) is 0 Å². The zero-order chi connectivity index (χ0) is 24.8. The number of ether oxygens (including phenoxy) is 2. The van der Waals surface area contributed by atoms with Crippen LogP contribution in [0.25, 0.3) is 0 Å². The molecule has 2 fully saturated rings. The van der Waals surface area contributed by atoms with Gasteiger partial charge in [0.1, 0.15) is 11.5 Å². The standard InChI is InChI=1S/C26H39N3O5/c1-17(2)18(3)27-24(30)19-6-10-28(11-7-19)25(31)20-8-12-29(13-9-20)26(32)21-14-22(33-4)16-23(15-21)34-5/h14-20H,6-13H2,1-5H3,(H,27,30). The number of hydrogen-bond donors (Lipinski definition) is 1. The Morgan fingerprint density at radius 1 is 0.824 bits per heavy atom. The summed E-state index contributed by atoms with van der Waals surface area (Å²) in [6.45, 7) is 8.55. The Hall–Kier alpha value is -2.77. The van der Waals surface area contributed by atoms with Crippen LogP contribution in [0.4, 0.5) is 0 Å². The highest BCUT2D eigenvalue weighted by Crippen LogP contribution is 2.27. The third-order valence-corrected chi connectivity index (χ3v) is 7.28. The molecule has 8 heteroatoms. The molecule has 1 aromatic carbocycles. The normalized spacial score (nSPS) is 18.5. The molecule has 2 saturated heterocycles. The van der Waals surface area contributed by atoms with Gasteiger partial charge in [-0.15, -0.1) is 0 Å². The zero-order valence-electron chi connectivity index (χ0n) is 21.1. The molecular formula is C26H39N3O5. The molecule has 0 spiro atoms. The molecule has 2 heterocycles. The summed E-state index contributed by atoms with van der Waals surface area (Å²) in [7, 11) is 3.11. The maximum atomic E-state index is 13.1. The number of carbonyl (C=O) groups excluding carboxylic acids is 3. The van der Waals surface area contributed by atoms with Crippen LogP contribution < -0.4 is 14.8 Å². The van der Waals surface area contributed by atoms with Crippen LogP contribution in [-0.2, 0) is 9.59 Å². The third kappa shape index (κ3) is 6.21. The molecule has 1 N–H and O–H groups in total. The smallest absolute Gasteiger partial charge is 0.254 e. The third-order valence-electron chi connectivity index (χ3n) is 7.28. The number of rotatable bonds is 7. The molecule has 1 aromatic rings. The lowest BCUT2D eigenvalue weighted by Gasteiger charge is -2.37. The number of likely N-dealkylation sites (tertiary alicyclic amines) is 2. The van der Waals surface area contributed by atoms with E-state index in [1.54, 1.807) is 37.3 Å². The molecule has 0 aliphatic carbocycles. The minimum Gasteiger partial charge on any atom is -0.497 e. The first-order valence-electron chi connectivity index (χ1n) is 12.3. The highest BCUT2D eigenvalue weighted by Gasteiger charge is 2.34. The second kappa shape index (κ2) is 11.6. The average Bonchev–Trinajstić information content (AvgIpc) is 2.87. The lowest BCUT2D eigenvalue weighted by atomic mass is 9.91. The first-order valence-corrected chi connectivity index (χ1v) is 12.3. The number of nitrogens with one attached hydrogen (secondary N) is 1. The fourth-order valence-corrected chi connectivity index (χ4v) is 4.57. The maximum Gasteiger partial charge on any atom is 0.254 e. The van der Waals surface area contributed by atoms with Gasteiger partial charge in [-0.1, -0.05) is 13.8 Å². The fourth-order valence-electron chi connectivity index (χ4n) is 4.57. The number of hydrogen-bond acceptors (Lipinski definition) is 5. The SMILES string of the molecule is COc1cc(OC)cc(C(=O)N2CCC(C(=O)N3CCC(C(=O)NC(C)C(C)C)CC3)CC2)c1. The van der Waals surface area contributed by atoms with Crippen molar-refractivity contribution in [2.75, 3.05) is 40.4 Å². The van der Waals surface area contributed by atoms with Gasteiger partial charge in [0.25, 0.3) is 5.91 Å². The van der Waals surface area contributed by atoms with E-state index in [0.717, 1.165) is 0 Å². The van der Waals surface area contributed by atoms with Crippen molar-refractivity contribution in [3.05, 3.63) is 23.8 Å². The Morgan fingerprint density at radius 3 is 1.82 bits per heavy atom. The van der Waals surface area contributed by atoms with Gasteiger partial charge in [0.15, 0.2) is 0 Å². The van der Waals surface area contributed by atoms with E-state index in [0.29, 0.717) is 74.8 Å². The summed E-state index contributed by atoms with van der Waals surface area (Å²) < 4.78 is 10.6. The number of amides is 3. The minimum absolute atomic E-state index is 0.0235. The van der Waals surface area contributed by atoms with Crippen LogP contribution in [0.1, 0.15) is 56.8 Å². The van der Waals surface area contributed by atoms with E-state index in [1.807, 2.05) is 11.8 Å². The zero-order valence-corrected chi connectivity index (χ0v) is 21.1. The van der Waals surface area contributed by atoms with Crippen molar-refractivity contribution >= 4 is 17.7 Å². The number of benzene rings is 1. The van der Waals surface area contributed by atoms with Gasteiger partial charge in [0, 0.05) is 55.7 Å². The molecule has 188 valence electrons. The van der Waals surface area contributed by atoms with Crippen molar-refractivity contribution in [3.8, 4) is 11.5 Å². The van der Waals surface area contributed by atoms with Crippen LogP contribution in [0, 0.1) is 17.8 Å². The lowest BCUT2D eigenvalue weighted by molar-refractivity contribution is -0.140. The molecule has 2 aliphatic heterocycles. The number of carbonyl (C=O) groups is 3. The molecule has 3 amide bonds. The van der Waals surface area contributed by atoms with Crippen molar-refractivity contribution in [2.45, 2.75) is 52.5 Å². The van der Waals surface area contributed by atoms with Gasteiger partial charge in [-0.05, 0) is 50.7 Å². The molecule has 0 aromatic heterocycles. The first kappa shape index (κ1) is 25.8. The fraction of sp³-hybridized carbons (Fsp3) is 0.654. The van der Waals surface area contributed by atoms with Crippen LogP contribution in [0.3, 0.4) is 0 Å². The molecular weight excluding hydrogens is 434 g/mol. The maximum absolute atomic E-state index is 13.1. The second-order valence-electron chi connectivity index (χ2n) is 9.81. The molecule has 2 aliphatic rings. The Kier molecular flexibility index (Phi) is 8.80. The van der Waals surface area contributed by atoms with Crippen molar-refractivity contribution in [2.24, 2.45) is 17.8 Å². The molecule has 0 saturated carbocycles. The van der Waals surface area contributed by atoms with E-state index in [2.05, 4.69) is 19.2 Å². The predicted molar refractivity (Wildman–Crippen MR) is 130 cm³/mol. The van der Waals surface area contributed by atoms with Crippen LogP contribution in [-0.4, -0.2) is 74.0 Å². The van der Waals surface area contributed by atoms with E-state index in [1.165, 1.54) is 0 Å². The van der Waals surface area contributed by atoms with Gasteiger partial charge < -0.3 is 24.6 Å². The first-order chi connectivity index (χ1) is 16.2. The Balaban J connectivity index is 1.49. The summed E-state index contributed by atoms with van der Waals surface area (Å²) in [5.74, 6) is 1.63. The van der Waals surface area contributed by atoms with Crippen LogP contribution in [0.5, 0.6) is 11.5 Å². The number of methoxy groups -OCH3 is 2. The van der Waals surface area contributed by atoms with Gasteiger partial charge in [-0.25, -0.2) is 0 Å². The average molecular weight is 474 g/mol.